The molecule has 3 aliphatic rings. The van der Waals surface area contributed by atoms with Gasteiger partial charge in [-0.3, -0.25) is 4.79 Å². The molecule has 162 valence electrons. The third-order valence-corrected chi connectivity index (χ3v) is 7.52. The monoisotopic (exact) mass is 406 g/mol. The summed E-state index contributed by atoms with van der Waals surface area (Å²) in [6, 6.07) is 0. The van der Waals surface area contributed by atoms with Gasteiger partial charge in [0.1, 0.15) is 30.0 Å². The van der Waals surface area contributed by atoms with Crippen molar-refractivity contribution in [2.45, 2.75) is 89.6 Å². The minimum absolute atomic E-state index is 0.0666. The lowest BCUT2D eigenvalue weighted by atomic mass is 9.69. The number of aliphatic hydroxyl groups excluding tert-OH is 1. The topological polar surface area (TPSA) is 82.1 Å². The molecule has 0 unspecified atom stereocenters. The highest BCUT2D eigenvalue weighted by Crippen LogP contribution is 2.63. The van der Waals surface area contributed by atoms with Crippen molar-refractivity contribution in [3.05, 3.63) is 0 Å². The average Bonchev–Trinajstić information content (AvgIpc) is 3.18. The molecule has 0 aromatic rings. The molecule has 1 aliphatic carbocycles. The molecule has 2 heterocycles. The predicted octanol–water partition coefficient (Wildman–Crippen LogP) is 2.86. The summed E-state index contributed by atoms with van der Waals surface area (Å²) in [6.07, 6.45) is 8.33. The summed E-state index contributed by atoms with van der Waals surface area (Å²) in [7, 11) is 0. The van der Waals surface area contributed by atoms with E-state index in [0.717, 1.165) is 12.8 Å². The molecule has 6 heteroatoms. The highest BCUT2D eigenvalue weighted by atomic mass is 16.6. The van der Waals surface area contributed by atoms with Gasteiger partial charge < -0.3 is 19.3 Å². The standard InChI is InChI=1S/C23H34O6/c1-6-7-8-9-18(25)28-21-20-15(4)10-11-16(20)22(5)17(27-19(26)13-24)12-23(21,29-22)14(2)3/h1,14-17,20-21,24H,7-13H2,2-5H3/t15-,16-,17-,20-,21+,22+,23-/m1/s1. The number of hydrogen-bond donors (Lipinski definition) is 1. The van der Waals surface area contributed by atoms with E-state index in [-0.39, 0.29) is 29.8 Å². The highest BCUT2D eigenvalue weighted by Gasteiger charge is 2.72. The Labute approximate surface area is 173 Å². The summed E-state index contributed by atoms with van der Waals surface area (Å²) in [4.78, 5) is 24.5. The van der Waals surface area contributed by atoms with Crippen LogP contribution in [-0.2, 0) is 23.8 Å². The van der Waals surface area contributed by atoms with Crippen LogP contribution in [0.5, 0.6) is 0 Å². The number of hydrogen-bond acceptors (Lipinski definition) is 6. The van der Waals surface area contributed by atoms with E-state index < -0.39 is 29.9 Å². The second-order valence-corrected chi connectivity index (χ2v) is 9.44. The fourth-order valence-electron chi connectivity index (χ4n) is 5.98. The van der Waals surface area contributed by atoms with E-state index in [2.05, 4.69) is 26.7 Å². The maximum Gasteiger partial charge on any atom is 0.332 e. The molecule has 2 saturated heterocycles. The van der Waals surface area contributed by atoms with Crippen molar-refractivity contribution >= 4 is 11.9 Å². The van der Waals surface area contributed by atoms with Gasteiger partial charge >= 0.3 is 11.9 Å². The lowest BCUT2D eigenvalue weighted by molar-refractivity contribution is -0.266. The lowest BCUT2D eigenvalue weighted by Crippen LogP contribution is -2.62. The van der Waals surface area contributed by atoms with Crippen LogP contribution in [0.2, 0.25) is 0 Å². The smallest absolute Gasteiger partial charge is 0.332 e. The molecule has 3 rings (SSSR count). The second kappa shape index (κ2) is 8.28. The second-order valence-electron chi connectivity index (χ2n) is 9.44. The third-order valence-electron chi connectivity index (χ3n) is 7.52. The van der Waals surface area contributed by atoms with Crippen molar-refractivity contribution in [2.24, 2.45) is 23.7 Å². The van der Waals surface area contributed by atoms with Crippen LogP contribution in [0.25, 0.3) is 0 Å². The van der Waals surface area contributed by atoms with Crippen LogP contribution in [0.1, 0.15) is 66.2 Å². The van der Waals surface area contributed by atoms with E-state index >= 15 is 0 Å². The molecule has 2 aliphatic heterocycles. The molecule has 1 N–H and O–H groups in total. The molecule has 0 spiro atoms. The number of aliphatic hydroxyl groups is 1. The number of ether oxygens (including phenoxy) is 3. The molecular weight excluding hydrogens is 372 g/mol. The van der Waals surface area contributed by atoms with E-state index in [1.807, 2.05) is 6.92 Å². The minimum atomic E-state index is -0.712. The molecule has 7 atom stereocenters. The van der Waals surface area contributed by atoms with E-state index in [0.29, 0.717) is 31.6 Å². The van der Waals surface area contributed by atoms with Crippen molar-refractivity contribution in [3.63, 3.8) is 0 Å². The Kier molecular flexibility index (Phi) is 6.31. The molecule has 0 aromatic heterocycles. The van der Waals surface area contributed by atoms with Crippen LogP contribution >= 0.6 is 0 Å². The summed E-state index contributed by atoms with van der Waals surface area (Å²) >= 11 is 0. The van der Waals surface area contributed by atoms with Crippen molar-refractivity contribution < 1.29 is 28.9 Å². The van der Waals surface area contributed by atoms with Crippen LogP contribution in [-0.4, -0.2) is 47.1 Å². The van der Waals surface area contributed by atoms with Crippen molar-refractivity contribution in [1.82, 2.24) is 0 Å². The molecule has 0 radical (unpaired) electrons. The number of rotatable bonds is 7. The fraction of sp³-hybridized carbons (Fsp3) is 0.826. The van der Waals surface area contributed by atoms with E-state index in [9.17, 15) is 14.7 Å². The minimum Gasteiger partial charge on any atom is -0.459 e. The zero-order chi connectivity index (χ0) is 21.4. The normalized spacial score (nSPS) is 40.4. The molecule has 0 amide bonds. The van der Waals surface area contributed by atoms with Gasteiger partial charge in [-0.15, -0.1) is 12.3 Å². The van der Waals surface area contributed by atoms with Gasteiger partial charge in [-0.25, -0.2) is 4.79 Å². The Morgan fingerprint density at radius 1 is 1.28 bits per heavy atom. The highest BCUT2D eigenvalue weighted by molar-refractivity contribution is 5.71. The number of esters is 2. The summed E-state index contributed by atoms with van der Waals surface area (Å²) in [5.41, 5.74) is -1.35. The molecule has 2 bridgehead atoms. The van der Waals surface area contributed by atoms with Crippen LogP contribution in [0, 0.1) is 36.0 Å². The molecule has 29 heavy (non-hydrogen) atoms. The SMILES string of the molecule is C#CCCCC(=O)O[C@H]1[C@@H]2[C@H](C)CC[C@H]2[C@]2(C)O[C@@]1(C(C)C)C[C@H]2OC(=O)CO. The lowest BCUT2D eigenvalue weighted by Gasteiger charge is -2.53. The Bertz CT molecular complexity index is 681. The number of carbonyl (C=O) groups is 2. The van der Waals surface area contributed by atoms with E-state index in [4.69, 9.17) is 20.6 Å². The van der Waals surface area contributed by atoms with Gasteiger partial charge in [-0.1, -0.05) is 20.8 Å². The zero-order valence-electron chi connectivity index (χ0n) is 18.0. The maximum absolute atomic E-state index is 12.6. The largest absolute Gasteiger partial charge is 0.459 e. The Morgan fingerprint density at radius 3 is 2.62 bits per heavy atom. The van der Waals surface area contributed by atoms with Crippen molar-refractivity contribution in [1.29, 1.82) is 0 Å². The first-order chi connectivity index (χ1) is 13.7. The van der Waals surface area contributed by atoms with Crippen LogP contribution in [0.4, 0.5) is 0 Å². The molecule has 1 saturated carbocycles. The number of carbonyl (C=O) groups excluding carboxylic acids is 2. The molecule has 0 aromatic carbocycles. The first-order valence-electron chi connectivity index (χ1n) is 10.8. The molecule has 3 fully saturated rings. The predicted molar refractivity (Wildman–Crippen MR) is 107 cm³/mol. The number of unbranched alkanes of at least 4 members (excludes halogenated alkanes) is 1. The first kappa shape index (κ1) is 22.1. The first-order valence-corrected chi connectivity index (χ1v) is 10.8. The van der Waals surface area contributed by atoms with Crippen LogP contribution in [0.3, 0.4) is 0 Å². The van der Waals surface area contributed by atoms with Gasteiger partial charge in [0.15, 0.2) is 0 Å². The van der Waals surface area contributed by atoms with Gasteiger partial charge in [-0.05, 0) is 43.9 Å². The van der Waals surface area contributed by atoms with Gasteiger partial charge in [0.2, 0.25) is 0 Å². The van der Waals surface area contributed by atoms with Gasteiger partial charge in [-0.2, -0.15) is 0 Å². The maximum atomic E-state index is 12.6. The van der Waals surface area contributed by atoms with Gasteiger partial charge in [0.05, 0.1) is 0 Å². The Morgan fingerprint density at radius 2 is 2.00 bits per heavy atom. The zero-order valence-corrected chi connectivity index (χ0v) is 18.0. The molecule has 6 nitrogen and oxygen atoms in total. The average molecular weight is 407 g/mol. The Hall–Kier alpha value is -1.58. The number of terminal acetylenes is 1. The fourth-order valence-corrected chi connectivity index (χ4v) is 5.98. The number of fused-ring (bicyclic) bond motifs is 4. The van der Waals surface area contributed by atoms with Gasteiger partial charge in [0, 0.05) is 25.2 Å². The summed E-state index contributed by atoms with van der Waals surface area (Å²) < 4.78 is 18.5. The van der Waals surface area contributed by atoms with Gasteiger partial charge in [0.25, 0.3) is 0 Å². The third kappa shape index (κ3) is 3.68. The van der Waals surface area contributed by atoms with Crippen LogP contribution in [0.15, 0.2) is 0 Å². The quantitative estimate of drug-likeness (QED) is 0.398. The summed E-state index contributed by atoms with van der Waals surface area (Å²) in [5, 5.41) is 9.20. The van der Waals surface area contributed by atoms with E-state index in [1.165, 1.54) is 0 Å². The Balaban J connectivity index is 1.94. The van der Waals surface area contributed by atoms with Crippen molar-refractivity contribution in [3.8, 4) is 12.3 Å². The molecular formula is C23H34O6. The van der Waals surface area contributed by atoms with Crippen LogP contribution < -0.4 is 0 Å². The summed E-state index contributed by atoms with van der Waals surface area (Å²) in [5.74, 6) is 2.41. The van der Waals surface area contributed by atoms with E-state index in [1.54, 1.807) is 0 Å². The van der Waals surface area contributed by atoms with Crippen molar-refractivity contribution in [2.75, 3.05) is 6.61 Å². The summed E-state index contributed by atoms with van der Waals surface area (Å²) in [6.45, 7) is 7.71.